The van der Waals surface area contributed by atoms with Crippen LogP contribution in [-0.4, -0.2) is 4.98 Å². The van der Waals surface area contributed by atoms with E-state index >= 15 is 0 Å². The lowest BCUT2D eigenvalue weighted by atomic mass is 10.2. The Kier molecular flexibility index (Phi) is 2.39. The number of rotatable bonds is 0. The van der Waals surface area contributed by atoms with Gasteiger partial charge in [-0.05, 0) is 36.4 Å². The fourth-order valence-corrected chi connectivity index (χ4v) is 5.04. The molecule has 1 aromatic heterocycles. The first-order valence-corrected chi connectivity index (χ1v) is 8.38. The number of anilines is 3. The zero-order valence-corrected chi connectivity index (χ0v) is 12.6. The van der Waals surface area contributed by atoms with E-state index in [9.17, 15) is 0 Å². The number of fused-ring (bicyclic) bond motifs is 4. The molecule has 0 unspecified atom stereocenters. The molecule has 0 fully saturated rings. The molecule has 0 radical (unpaired) electrons. The van der Waals surface area contributed by atoms with E-state index in [2.05, 4.69) is 58.4 Å². The highest BCUT2D eigenvalue weighted by atomic mass is 32.2. The Balaban J connectivity index is 1.88. The number of benzene rings is 2. The molecule has 4 heteroatoms. The summed E-state index contributed by atoms with van der Waals surface area (Å²) in [5.41, 5.74) is 2.50. The average molecular weight is 306 g/mol. The zero-order valence-electron chi connectivity index (χ0n) is 11.0. The van der Waals surface area contributed by atoms with E-state index in [0.29, 0.717) is 0 Å². The van der Waals surface area contributed by atoms with Crippen molar-refractivity contribution in [1.29, 1.82) is 0 Å². The minimum absolute atomic E-state index is 1.04. The second kappa shape index (κ2) is 4.29. The Labute approximate surface area is 131 Å². The number of nitrogens with zero attached hydrogens (tertiary/aromatic N) is 2. The summed E-state index contributed by atoms with van der Waals surface area (Å²) < 4.78 is 0. The lowest BCUT2D eigenvalue weighted by molar-refractivity contribution is 1.04. The highest BCUT2D eigenvalue weighted by Gasteiger charge is 2.32. The van der Waals surface area contributed by atoms with Gasteiger partial charge in [-0.25, -0.2) is 4.98 Å². The first-order valence-electron chi connectivity index (χ1n) is 6.75. The van der Waals surface area contributed by atoms with Gasteiger partial charge in [0.15, 0.2) is 5.82 Å². The summed E-state index contributed by atoms with van der Waals surface area (Å²) >= 11 is 3.65. The molecule has 0 saturated heterocycles. The van der Waals surface area contributed by atoms with Crippen molar-refractivity contribution < 1.29 is 0 Å². The maximum atomic E-state index is 4.64. The van der Waals surface area contributed by atoms with Crippen LogP contribution < -0.4 is 4.90 Å². The van der Waals surface area contributed by atoms with Gasteiger partial charge in [-0.1, -0.05) is 41.7 Å². The number of aromatic nitrogens is 1. The zero-order chi connectivity index (χ0) is 13.8. The molecule has 0 aliphatic carbocycles. The van der Waals surface area contributed by atoms with Crippen LogP contribution in [0.2, 0.25) is 0 Å². The van der Waals surface area contributed by atoms with E-state index in [1.54, 1.807) is 11.8 Å². The Hall–Kier alpha value is -1.91. The third-order valence-corrected chi connectivity index (χ3v) is 5.90. The van der Waals surface area contributed by atoms with Crippen LogP contribution in [0.1, 0.15) is 0 Å². The van der Waals surface area contributed by atoms with Crippen molar-refractivity contribution in [2.24, 2.45) is 0 Å². The first kappa shape index (κ1) is 11.7. The first-order chi connectivity index (χ1) is 10.4. The number of pyridine rings is 1. The summed E-state index contributed by atoms with van der Waals surface area (Å²) in [5, 5.41) is 0. The van der Waals surface area contributed by atoms with Gasteiger partial charge in [0.2, 0.25) is 0 Å². The summed E-state index contributed by atoms with van der Waals surface area (Å²) in [4.78, 5) is 12.0. The fourth-order valence-electron chi connectivity index (χ4n) is 2.82. The monoisotopic (exact) mass is 306 g/mol. The molecule has 0 spiro atoms. The molecule has 0 amide bonds. The topological polar surface area (TPSA) is 16.1 Å². The van der Waals surface area contributed by atoms with Gasteiger partial charge < -0.3 is 0 Å². The Bertz CT molecular complexity index is 808. The molecule has 2 aliphatic rings. The van der Waals surface area contributed by atoms with Crippen LogP contribution in [-0.2, 0) is 0 Å². The second-order valence-corrected chi connectivity index (χ2v) is 7.10. The molecule has 2 aliphatic heterocycles. The third kappa shape index (κ3) is 1.60. The standard InChI is InChI=1S/C17H10N2S2/c1-2-6-12-11(5-1)19-16-13(20-12)7-3-8-14(16)21-15-9-4-10-18-17(15)19/h1-10H. The van der Waals surface area contributed by atoms with Crippen LogP contribution in [0.5, 0.6) is 0 Å². The molecule has 3 heterocycles. The molecular formula is C17H10N2S2. The maximum absolute atomic E-state index is 4.64. The predicted molar refractivity (Wildman–Crippen MR) is 87.2 cm³/mol. The maximum Gasteiger partial charge on any atom is 0.151 e. The van der Waals surface area contributed by atoms with Gasteiger partial charge in [0.1, 0.15) is 0 Å². The number of hydrogen-bond acceptors (Lipinski definition) is 4. The summed E-state index contributed by atoms with van der Waals surface area (Å²) in [6, 6.07) is 19.2. The van der Waals surface area contributed by atoms with Gasteiger partial charge >= 0.3 is 0 Å². The molecule has 0 saturated carbocycles. The van der Waals surface area contributed by atoms with Crippen molar-refractivity contribution in [3.8, 4) is 0 Å². The molecule has 0 bridgehead atoms. The van der Waals surface area contributed by atoms with E-state index in [-0.39, 0.29) is 0 Å². The van der Waals surface area contributed by atoms with Crippen LogP contribution >= 0.6 is 23.5 Å². The van der Waals surface area contributed by atoms with E-state index in [1.807, 2.05) is 24.0 Å². The highest BCUT2D eigenvalue weighted by molar-refractivity contribution is 8.00. The van der Waals surface area contributed by atoms with Crippen LogP contribution in [0.25, 0.3) is 0 Å². The van der Waals surface area contributed by atoms with Gasteiger partial charge in [-0.3, -0.25) is 4.90 Å². The third-order valence-electron chi connectivity index (χ3n) is 3.69. The summed E-state index contributed by atoms with van der Waals surface area (Å²) in [6.45, 7) is 0. The number of hydrogen-bond donors (Lipinski definition) is 0. The van der Waals surface area contributed by atoms with Crippen LogP contribution in [0.4, 0.5) is 17.2 Å². The van der Waals surface area contributed by atoms with Crippen molar-refractivity contribution in [2.45, 2.75) is 19.6 Å². The molecule has 2 aromatic carbocycles. The summed E-state index contributed by atoms with van der Waals surface area (Å²) in [7, 11) is 0. The molecule has 0 N–H and O–H groups in total. The molecule has 3 aromatic rings. The average Bonchev–Trinajstić information content (AvgIpc) is 2.54. The fraction of sp³-hybridized carbons (Fsp3) is 0. The van der Waals surface area contributed by atoms with Gasteiger partial charge in [-0.2, -0.15) is 0 Å². The predicted octanol–water partition coefficient (Wildman–Crippen LogP) is 5.48. The summed E-state index contributed by atoms with van der Waals surface area (Å²) in [5.74, 6) is 1.04. The molecular weight excluding hydrogens is 296 g/mol. The van der Waals surface area contributed by atoms with Crippen molar-refractivity contribution in [2.75, 3.05) is 4.90 Å². The van der Waals surface area contributed by atoms with Crippen LogP contribution in [0, 0.1) is 0 Å². The van der Waals surface area contributed by atoms with Gasteiger partial charge in [0.05, 0.1) is 16.3 Å². The van der Waals surface area contributed by atoms with Crippen molar-refractivity contribution in [1.82, 2.24) is 4.98 Å². The quantitative estimate of drug-likeness (QED) is 0.376. The minimum atomic E-state index is 1.04. The van der Waals surface area contributed by atoms with Crippen molar-refractivity contribution >= 4 is 40.7 Å². The molecule has 2 nitrogen and oxygen atoms in total. The molecule has 100 valence electrons. The minimum Gasteiger partial charge on any atom is -0.291 e. The Morgan fingerprint density at radius 3 is 2.33 bits per heavy atom. The highest BCUT2D eigenvalue weighted by Crippen LogP contribution is 2.58. The molecule has 5 rings (SSSR count). The van der Waals surface area contributed by atoms with Crippen molar-refractivity contribution in [3.05, 3.63) is 60.8 Å². The van der Waals surface area contributed by atoms with Crippen LogP contribution in [0.15, 0.2) is 80.4 Å². The second-order valence-electron chi connectivity index (χ2n) is 4.94. The van der Waals surface area contributed by atoms with E-state index in [0.717, 1.165) is 5.82 Å². The van der Waals surface area contributed by atoms with Gasteiger partial charge in [0, 0.05) is 20.9 Å². The summed E-state index contributed by atoms with van der Waals surface area (Å²) in [6.07, 6.45) is 1.87. The lowest BCUT2D eigenvalue weighted by Gasteiger charge is -2.37. The normalized spacial score (nSPS) is 14.2. The van der Waals surface area contributed by atoms with Crippen LogP contribution in [0.3, 0.4) is 0 Å². The smallest absolute Gasteiger partial charge is 0.151 e. The Morgan fingerprint density at radius 2 is 1.43 bits per heavy atom. The molecule has 21 heavy (non-hydrogen) atoms. The largest absolute Gasteiger partial charge is 0.291 e. The molecule has 0 atom stereocenters. The number of para-hydroxylation sites is 2. The lowest BCUT2D eigenvalue weighted by Crippen LogP contribution is -2.19. The van der Waals surface area contributed by atoms with E-state index in [1.165, 1.54) is 31.0 Å². The SMILES string of the molecule is c1ccc2c(c1)Sc1cccc3c1N2c1ncccc1S3. The van der Waals surface area contributed by atoms with Gasteiger partial charge in [-0.15, -0.1) is 0 Å². The Morgan fingerprint density at radius 1 is 0.714 bits per heavy atom. The van der Waals surface area contributed by atoms with Crippen molar-refractivity contribution in [3.63, 3.8) is 0 Å². The van der Waals surface area contributed by atoms with E-state index < -0.39 is 0 Å². The van der Waals surface area contributed by atoms with E-state index in [4.69, 9.17) is 0 Å². The van der Waals surface area contributed by atoms with Gasteiger partial charge in [0.25, 0.3) is 0 Å².